The number of carbonyl (C=O) groups is 2. The zero-order chi connectivity index (χ0) is 22.2. The molecule has 0 aromatic heterocycles. The first-order valence-electron chi connectivity index (χ1n) is 11.5. The number of likely N-dealkylation sites (tertiary alicyclic amines) is 2. The molecule has 3 heterocycles. The first-order chi connectivity index (χ1) is 15.5. The lowest BCUT2D eigenvalue weighted by molar-refractivity contribution is -0.139. The van der Waals surface area contributed by atoms with Gasteiger partial charge in [-0.3, -0.25) is 4.79 Å². The third-order valence-electron chi connectivity index (χ3n) is 7.11. The number of benzene rings is 1. The van der Waals surface area contributed by atoms with Crippen LogP contribution in [0.3, 0.4) is 0 Å². The molecule has 3 amide bonds. The minimum absolute atomic E-state index is 0.00257. The number of carbonyl (C=O) groups excluding carboxylic acids is 2. The van der Waals surface area contributed by atoms with Crippen molar-refractivity contribution in [1.29, 1.82) is 0 Å². The minimum Gasteiger partial charge on any atom is -0.488 e. The Morgan fingerprint density at radius 2 is 1.84 bits per heavy atom. The van der Waals surface area contributed by atoms with E-state index < -0.39 is 0 Å². The number of ether oxygens (including phenoxy) is 2. The maximum atomic E-state index is 13.4. The lowest BCUT2D eigenvalue weighted by atomic mass is 9.88. The predicted octanol–water partition coefficient (Wildman–Crippen LogP) is 3.06. The number of piperidine rings is 2. The van der Waals surface area contributed by atoms with E-state index in [4.69, 9.17) is 21.1 Å². The van der Waals surface area contributed by atoms with Gasteiger partial charge in [0.2, 0.25) is 5.91 Å². The molecule has 0 spiro atoms. The maximum Gasteiger partial charge on any atom is 0.320 e. The van der Waals surface area contributed by atoms with Crippen LogP contribution in [0.25, 0.3) is 0 Å². The molecule has 4 aliphatic rings. The Hall–Kier alpha value is -2.06. The van der Waals surface area contributed by atoms with E-state index in [2.05, 4.69) is 5.32 Å². The molecule has 0 bridgehead atoms. The zero-order valence-corrected chi connectivity index (χ0v) is 18.7. The van der Waals surface area contributed by atoms with E-state index in [1.807, 2.05) is 9.80 Å². The molecule has 0 radical (unpaired) electrons. The van der Waals surface area contributed by atoms with Crippen molar-refractivity contribution in [2.24, 2.45) is 11.8 Å². The summed E-state index contributed by atoms with van der Waals surface area (Å²) in [4.78, 5) is 28.5. The van der Waals surface area contributed by atoms with Gasteiger partial charge in [-0.25, -0.2) is 9.18 Å². The Balaban J connectivity index is 1.17. The summed E-state index contributed by atoms with van der Waals surface area (Å²) in [5, 5.41) is 3.25. The van der Waals surface area contributed by atoms with Gasteiger partial charge < -0.3 is 24.6 Å². The van der Waals surface area contributed by atoms with Crippen LogP contribution in [-0.2, 0) is 9.53 Å². The number of hydrogen-bond acceptors (Lipinski definition) is 4. The van der Waals surface area contributed by atoms with Crippen molar-refractivity contribution in [3.05, 3.63) is 29.0 Å². The number of hydrogen-bond donors (Lipinski definition) is 1. The van der Waals surface area contributed by atoms with E-state index in [9.17, 15) is 14.0 Å². The molecule has 1 saturated carbocycles. The van der Waals surface area contributed by atoms with Gasteiger partial charge in [0.15, 0.2) is 0 Å². The second-order valence-corrected chi connectivity index (χ2v) is 9.77. The number of morpholine rings is 1. The highest BCUT2D eigenvalue weighted by atomic mass is 35.5. The van der Waals surface area contributed by atoms with E-state index in [0.29, 0.717) is 48.8 Å². The van der Waals surface area contributed by atoms with E-state index in [1.165, 1.54) is 12.1 Å². The van der Waals surface area contributed by atoms with Crippen LogP contribution in [0, 0.1) is 17.7 Å². The monoisotopic (exact) mass is 465 g/mol. The molecule has 9 heteroatoms. The van der Waals surface area contributed by atoms with Crippen molar-refractivity contribution >= 4 is 23.5 Å². The molecule has 1 unspecified atom stereocenters. The number of nitrogens with one attached hydrogen (secondary N) is 1. The van der Waals surface area contributed by atoms with Gasteiger partial charge in [0.05, 0.1) is 17.2 Å². The third kappa shape index (κ3) is 4.66. The average Bonchev–Trinajstić information content (AvgIpc) is 3.63. The van der Waals surface area contributed by atoms with Crippen LogP contribution in [0.15, 0.2) is 18.2 Å². The van der Waals surface area contributed by atoms with Crippen LogP contribution in [0.5, 0.6) is 5.75 Å². The summed E-state index contributed by atoms with van der Waals surface area (Å²) >= 11 is 6.19. The summed E-state index contributed by atoms with van der Waals surface area (Å²) in [7, 11) is 0. The first kappa shape index (κ1) is 21.8. The fraction of sp³-hybridized carbons (Fsp3) is 0.652. The van der Waals surface area contributed by atoms with Gasteiger partial charge in [0.1, 0.15) is 24.3 Å². The molecule has 32 heavy (non-hydrogen) atoms. The number of fused-ring (bicyclic) bond motifs is 1. The van der Waals surface area contributed by atoms with Crippen LogP contribution < -0.4 is 10.1 Å². The molecule has 4 fully saturated rings. The highest BCUT2D eigenvalue weighted by Gasteiger charge is 2.42. The van der Waals surface area contributed by atoms with E-state index in [-0.39, 0.29) is 42.6 Å². The molecule has 3 aliphatic heterocycles. The molecule has 1 aromatic carbocycles. The van der Waals surface area contributed by atoms with Crippen molar-refractivity contribution in [3.8, 4) is 5.75 Å². The molecular formula is C23H29ClFN3O4. The zero-order valence-electron chi connectivity index (χ0n) is 18.0. The smallest absolute Gasteiger partial charge is 0.320 e. The maximum absolute atomic E-state index is 13.4. The SMILES string of the molecule is O=C1CO[C@H]2CCN(C(=O)N3CCC(C(Oc4ccc(F)cc4Cl)C4CC4)CC3)C[C@H]2N1. The summed E-state index contributed by atoms with van der Waals surface area (Å²) in [6.45, 7) is 2.61. The number of amides is 3. The van der Waals surface area contributed by atoms with Crippen LogP contribution >= 0.6 is 11.6 Å². The Bertz CT molecular complexity index is 875. The Morgan fingerprint density at radius 3 is 2.56 bits per heavy atom. The Morgan fingerprint density at radius 1 is 1.12 bits per heavy atom. The fourth-order valence-electron chi connectivity index (χ4n) is 5.21. The van der Waals surface area contributed by atoms with E-state index >= 15 is 0 Å². The molecule has 1 N–H and O–H groups in total. The summed E-state index contributed by atoms with van der Waals surface area (Å²) < 4.78 is 25.3. The lowest BCUT2D eigenvalue weighted by Gasteiger charge is -2.44. The van der Waals surface area contributed by atoms with E-state index in [1.54, 1.807) is 6.07 Å². The standard InChI is InChI=1S/C23H29ClFN3O4/c24-17-11-16(25)3-4-19(17)32-22(14-1-2-14)15-5-8-27(9-6-15)23(30)28-10-7-20-18(12-28)26-21(29)13-31-20/h3-4,11,14-15,18,20,22H,1-2,5-10,12-13H2,(H,26,29)/t18-,20+,22?/m1/s1. The van der Waals surface area contributed by atoms with Gasteiger partial charge >= 0.3 is 6.03 Å². The molecule has 3 saturated heterocycles. The van der Waals surface area contributed by atoms with Gasteiger partial charge in [-0.05, 0) is 62.1 Å². The number of urea groups is 1. The molecule has 5 rings (SSSR count). The number of rotatable bonds is 4. The van der Waals surface area contributed by atoms with Crippen LogP contribution in [0.2, 0.25) is 5.02 Å². The summed E-state index contributed by atoms with van der Waals surface area (Å²) in [6, 6.07) is 4.16. The lowest BCUT2D eigenvalue weighted by Crippen LogP contribution is -2.62. The van der Waals surface area contributed by atoms with Crippen LogP contribution in [0.1, 0.15) is 32.1 Å². The highest BCUT2D eigenvalue weighted by Crippen LogP contribution is 2.42. The largest absolute Gasteiger partial charge is 0.488 e. The van der Waals surface area contributed by atoms with Gasteiger partial charge in [0, 0.05) is 26.2 Å². The van der Waals surface area contributed by atoms with Crippen molar-refractivity contribution in [1.82, 2.24) is 15.1 Å². The second-order valence-electron chi connectivity index (χ2n) is 9.36. The minimum atomic E-state index is -0.375. The van der Waals surface area contributed by atoms with Crippen LogP contribution in [0.4, 0.5) is 9.18 Å². The molecule has 1 aromatic rings. The summed E-state index contributed by atoms with van der Waals surface area (Å²) in [5.74, 6) is 0.874. The Kier molecular flexibility index (Phi) is 6.16. The van der Waals surface area contributed by atoms with Crippen molar-refractivity contribution < 1.29 is 23.5 Å². The first-order valence-corrected chi connectivity index (χ1v) is 11.9. The number of nitrogens with zero attached hydrogens (tertiary/aromatic N) is 2. The molecule has 174 valence electrons. The topological polar surface area (TPSA) is 71.1 Å². The van der Waals surface area contributed by atoms with E-state index in [0.717, 1.165) is 32.1 Å². The van der Waals surface area contributed by atoms with Crippen molar-refractivity contribution in [2.45, 2.75) is 50.4 Å². The second kappa shape index (κ2) is 9.06. The van der Waals surface area contributed by atoms with Gasteiger partial charge in [-0.15, -0.1) is 0 Å². The van der Waals surface area contributed by atoms with Gasteiger partial charge in [-0.2, -0.15) is 0 Å². The predicted molar refractivity (Wildman–Crippen MR) is 116 cm³/mol. The molecular weight excluding hydrogens is 437 g/mol. The van der Waals surface area contributed by atoms with Gasteiger partial charge in [-0.1, -0.05) is 11.6 Å². The number of halogens is 2. The normalized spacial score (nSPS) is 27.5. The van der Waals surface area contributed by atoms with Crippen molar-refractivity contribution in [3.63, 3.8) is 0 Å². The van der Waals surface area contributed by atoms with Crippen LogP contribution in [-0.4, -0.2) is 72.8 Å². The average molecular weight is 466 g/mol. The van der Waals surface area contributed by atoms with Gasteiger partial charge in [0.25, 0.3) is 0 Å². The molecule has 7 nitrogen and oxygen atoms in total. The fourth-order valence-corrected chi connectivity index (χ4v) is 5.42. The quantitative estimate of drug-likeness (QED) is 0.742. The summed E-state index contributed by atoms with van der Waals surface area (Å²) in [5.41, 5.74) is 0. The van der Waals surface area contributed by atoms with Crippen molar-refractivity contribution in [2.75, 3.05) is 32.8 Å². The molecule has 3 atom stereocenters. The molecule has 1 aliphatic carbocycles. The Labute approximate surface area is 192 Å². The highest BCUT2D eigenvalue weighted by molar-refractivity contribution is 6.32. The third-order valence-corrected chi connectivity index (χ3v) is 7.41. The summed E-state index contributed by atoms with van der Waals surface area (Å²) in [6.07, 6.45) is 4.78.